The molecule has 1 aliphatic rings. The lowest BCUT2D eigenvalue weighted by Crippen LogP contribution is -2.45. The van der Waals surface area contributed by atoms with E-state index in [0.717, 1.165) is 6.20 Å². The highest BCUT2D eigenvalue weighted by molar-refractivity contribution is 6.31. The average molecular weight is 433 g/mol. The third-order valence-electron chi connectivity index (χ3n) is 4.47. The Balaban J connectivity index is 0.00000171. The van der Waals surface area contributed by atoms with E-state index in [1.807, 2.05) is 5.32 Å². The van der Waals surface area contributed by atoms with E-state index in [4.69, 9.17) is 11.6 Å². The van der Waals surface area contributed by atoms with Crippen LogP contribution in [-0.2, 0) is 4.79 Å². The van der Waals surface area contributed by atoms with E-state index in [0.29, 0.717) is 21.6 Å². The third kappa shape index (κ3) is 3.95. The number of hydrogen-bond donors (Lipinski definition) is 3. The Morgan fingerprint density at radius 2 is 2.07 bits per heavy atom. The van der Waals surface area contributed by atoms with Gasteiger partial charge in [-0.1, -0.05) is 11.6 Å². The Hall–Kier alpha value is -2.95. The SMILES string of the molecule is O=C(NCC(F)(F)F)C1(Nc2nc(-c3c[nH]c4ncc(Cl)cc34)ncc2F)CC1.[HH].[HH]. The summed E-state index contributed by atoms with van der Waals surface area (Å²) in [6, 6.07) is 1.64. The highest BCUT2D eigenvalue weighted by atomic mass is 35.5. The van der Waals surface area contributed by atoms with E-state index >= 15 is 0 Å². The lowest BCUT2D eigenvalue weighted by Gasteiger charge is -2.19. The predicted octanol–water partition coefficient (Wildman–Crippen LogP) is 3.93. The normalized spacial score (nSPS) is 15.3. The van der Waals surface area contributed by atoms with Crippen molar-refractivity contribution in [3.8, 4) is 11.4 Å². The van der Waals surface area contributed by atoms with Crippen LogP contribution in [0.1, 0.15) is 15.7 Å². The van der Waals surface area contributed by atoms with Gasteiger partial charge in [-0.25, -0.2) is 19.3 Å². The molecule has 0 bridgehead atoms. The maximum Gasteiger partial charge on any atom is 0.405 e. The minimum atomic E-state index is -4.54. The molecule has 0 aromatic carbocycles. The van der Waals surface area contributed by atoms with Crippen LogP contribution in [0.25, 0.3) is 22.4 Å². The molecule has 0 spiro atoms. The van der Waals surface area contributed by atoms with Gasteiger partial charge < -0.3 is 15.6 Å². The smallest absolute Gasteiger partial charge is 0.353 e. The molecule has 4 rings (SSSR count). The maximum absolute atomic E-state index is 14.2. The van der Waals surface area contributed by atoms with E-state index < -0.39 is 30.0 Å². The van der Waals surface area contributed by atoms with Crippen LogP contribution in [0.4, 0.5) is 23.4 Å². The minimum absolute atomic E-state index is 0. The molecule has 0 unspecified atom stereocenters. The second-order valence-electron chi connectivity index (χ2n) is 6.65. The molecule has 156 valence electrons. The molecule has 3 N–H and O–H groups in total. The van der Waals surface area contributed by atoms with Crippen LogP contribution >= 0.6 is 11.6 Å². The highest BCUT2D eigenvalue weighted by Crippen LogP contribution is 2.40. The number of carbonyl (C=O) groups is 1. The van der Waals surface area contributed by atoms with Crippen molar-refractivity contribution in [1.29, 1.82) is 0 Å². The van der Waals surface area contributed by atoms with Gasteiger partial charge in [0, 0.05) is 26.2 Å². The number of nitrogens with one attached hydrogen (secondary N) is 3. The first-order chi connectivity index (χ1) is 13.7. The molecule has 12 heteroatoms. The summed E-state index contributed by atoms with van der Waals surface area (Å²) in [5.41, 5.74) is -0.301. The molecule has 0 radical (unpaired) electrons. The van der Waals surface area contributed by atoms with E-state index in [1.165, 1.54) is 6.20 Å². The number of fused-ring (bicyclic) bond motifs is 1. The number of rotatable bonds is 5. The lowest BCUT2D eigenvalue weighted by atomic mass is 10.2. The topological polar surface area (TPSA) is 95.6 Å². The molecule has 7 nitrogen and oxygen atoms in total. The molecule has 1 fully saturated rings. The Morgan fingerprint density at radius 3 is 2.76 bits per heavy atom. The van der Waals surface area contributed by atoms with Gasteiger partial charge in [0.1, 0.15) is 17.7 Å². The van der Waals surface area contributed by atoms with Gasteiger partial charge in [0.25, 0.3) is 0 Å². The highest BCUT2D eigenvalue weighted by Gasteiger charge is 2.51. The molecule has 3 aromatic rings. The molecule has 1 aliphatic carbocycles. The molecule has 1 amide bonds. The lowest BCUT2D eigenvalue weighted by molar-refractivity contribution is -0.139. The minimum Gasteiger partial charge on any atom is -0.353 e. The first kappa shape index (κ1) is 19.4. The zero-order valence-electron chi connectivity index (χ0n) is 14.6. The van der Waals surface area contributed by atoms with Crippen LogP contribution in [0.15, 0.2) is 24.7 Å². The van der Waals surface area contributed by atoms with Crippen molar-refractivity contribution in [3.63, 3.8) is 0 Å². The van der Waals surface area contributed by atoms with E-state index in [9.17, 15) is 22.4 Å². The van der Waals surface area contributed by atoms with Crippen LogP contribution in [0.3, 0.4) is 0 Å². The quantitative estimate of drug-likeness (QED) is 0.531. The summed E-state index contributed by atoms with van der Waals surface area (Å²) in [5, 5.41) is 5.45. The third-order valence-corrected chi connectivity index (χ3v) is 4.68. The summed E-state index contributed by atoms with van der Waals surface area (Å²) < 4.78 is 51.3. The van der Waals surface area contributed by atoms with Crippen LogP contribution in [0, 0.1) is 5.82 Å². The number of carbonyl (C=O) groups excluding carboxylic acids is 1. The van der Waals surface area contributed by atoms with Crippen molar-refractivity contribution < 1.29 is 25.2 Å². The van der Waals surface area contributed by atoms with Crippen LogP contribution in [0.5, 0.6) is 0 Å². The average Bonchev–Trinajstić information content (AvgIpc) is 3.32. The standard InChI is InChI=1S/C17H13ClF4N6O.2H2/c18-8-3-9-10(5-24-12(9)23-4-8)13-25-6-11(19)14(27-13)28-16(1-2-16)15(29)26-7-17(20,21)22;;/h3-6H,1-2,7H2,(H,23,24)(H,26,29)(H,25,27,28);2*1H. The Kier molecular flexibility index (Phi) is 4.56. The van der Waals surface area contributed by atoms with Gasteiger partial charge in [0.15, 0.2) is 17.5 Å². The van der Waals surface area contributed by atoms with E-state index in [2.05, 4.69) is 25.3 Å². The fraction of sp³-hybridized carbons (Fsp3) is 0.294. The number of anilines is 1. The predicted molar refractivity (Wildman–Crippen MR) is 101 cm³/mol. The fourth-order valence-electron chi connectivity index (χ4n) is 2.86. The largest absolute Gasteiger partial charge is 0.405 e. The van der Waals surface area contributed by atoms with Crippen LogP contribution in [0.2, 0.25) is 5.02 Å². The van der Waals surface area contributed by atoms with E-state index in [-0.39, 0.29) is 27.3 Å². The molecule has 1 saturated carbocycles. The first-order valence-electron chi connectivity index (χ1n) is 8.46. The molecule has 29 heavy (non-hydrogen) atoms. The summed E-state index contributed by atoms with van der Waals surface area (Å²) >= 11 is 5.97. The van der Waals surface area contributed by atoms with Gasteiger partial charge in [-0.05, 0) is 18.9 Å². The first-order valence-corrected chi connectivity index (χ1v) is 8.83. The monoisotopic (exact) mass is 432 g/mol. The summed E-state index contributed by atoms with van der Waals surface area (Å²) in [7, 11) is 0. The summed E-state index contributed by atoms with van der Waals surface area (Å²) in [4.78, 5) is 27.3. The Labute approximate surface area is 168 Å². The summed E-state index contributed by atoms with van der Waals surface area (Å²) in [6.45, 7) is -1.46. The van der Waals surface area contributed by atoms with Crippen molar-refractivity contribution in [2.75, 3.05) is 11.9 Å². The zero-order chi connectivity index (χ0) is 20.8. The molecule has 3 aromatic heterocycles. The van der Waals surface area contributed by atoms with Gasteiger partial charge in [-0.2, -0.15) is 13.2 Å². The molecular formula is C17H17ClF4N6O. The van der Waals surface area contributed by atoms with Crippen LogP contribution < -0.4 is 10.6 Å². The maximum atomic E-state index is 14.2. The number of amides is 1. The fourth-order valence-corrected chi connectivity index (χ4v) is 3.02. The second-order valence-corrected chi connectivity index (χ2v) is 7.08. The van der Waals surface area contributed by atoms with Gasteiger partial charge in [0.2, 0.25) is 5.91 Å². The molecular weight excluding hydrogens is 416 g/mol. The number of pyridine rings is 1. The van der Waals surface area contributed by atoms with Crippen molar-refractivity contribution in [1.82, 2.24) is 25.3 Å². The van der Waals surface area contributed by atoms with Crippen molar-refractivity contribution in [2.45, 2.75) is 24.6 Å². The number of halogens is 5. The van der Waals surface area contributed by atoms with Gasteiger partial charge in [0.05, 0.1) is 11.2 Å². The van der Waals surface area contributed by atoms with Crippen LogP contribution in [-0.4, -0.2) is 44.1 Å². The van der Waals surface area contributed by atoms with Gasteiger partial charge in [-0.3, -0.25) is 4.79 Å². The van der Waals surface area contributed by atoms with E-state index in [1.54, 1.807) is 12.3 Å². The number of nitrogens with zero attached hydrogens (tertiary/aromatic N) is 3. The number of aromatic nitrogens is 4. The van der Waals surface area contributed by atoms with Gasteiger partial charge in [-0.15, -0.1) is 0 Å². The Morgan fingerprint density at radius 1 is 1.31 bits per heavy atom. The molecule has 0 atom stereocenters. The number of aromatic amines is 1. The van der Waals surface area contributed by atoms with Crippen molar-refractivity contribution >= 4 is 34.4 Å². The number of hydrogen-bond acceptors (Lipinski definition) is 5. The second kappa shape index (κ2) is 6.83. The Bertz CT molecular complexity index is 1110. The molecule has 0 aliphatic heterocycles. The zero-order valence-corrected chi connectivity index (χ0v) is 15.3. The molecule has 0 saturated heterocycles. The molecule has 3 heterocycles. The number of alkyl halides is 3. The summed E-state index contributed by atoms with van der Waals surface area (Å²) in [6.07, 6.45) is -0.0773. The van der Waals surface area contributed by atoms with Crippen molar-refractivity contribution in [2.24, 2.45) is 0 Å². The van der Waals surface area contributed by atoms with Gasteiger partial charge >= 0.3 is 6.18 Å². The number of H-pyrrole nitrogens is 1. The summed E-state index contributed by atoms with van der Waals surface area (Å²) in [5.74, 6) is -1.84. The van der Waals surface area contributed by atoms with Crippen molar-refractivity contribution in [3.05, 3.63) is 35.5 Å².